The van der Waals surface area contributed by atoms with E-state index < -0.39 is 0 Å². The van der Waals surface area contributed by atoms with Gasteiger partial charge in [0.2, 0.25) is 11.9 Å². The van der Waals surface area contributed by atoms with E-state index in [2.05, 4.69) is 37.3 Å². The number of H-pyrrole nitrogens is 1. The Kier molecular flexibility index (Phi) is 7.25. The first kappa shape index (κ1) is 25.4. The van der Waals surface area contributed by atoms with E-state index in [4.69, 9.17) is 9.97 Å². The molecule has 6 rings (SSSR count). The van der Waals surface area contributed by atoms with Crippen molar-refractivity contribution in [1.29, 1.82) is 0 Å². The molecule has 1 aliphatic carbocycles. The highest BCUT2D eigenvalue weighted by molar-refractivity contribution is 7.99. The number of carbonyl (C=O) groups is 1. The Morgan fingerprint density at radius 1 is 1.03 bits per heavy atom. The zero-order chi connectivity index (χ0) is 26.8. The van der Waals surface area contributed by atoms with Gasteiger partial charge in [-0.1, -0.05) is 12.1 Å². The SMILES string of the molecule is CN1CCN(c2nc(Nc3cc(-c4ccc(F)cc4)[nH]n3)nc(Sc3ccc(CC(=O)C4CC4)cc3)n2)CC1. The summed E-state index contributed by atoms with van der Waals surface area (Å²) >= 11 is 1.45. The average Bonchev–Trinajstić information content (AvgIpc) is 3.70. The molecule has 39 heavy (non-hydrogen) atoms. The van der Waals surface area contributed by atoms with Crippen molar-refractivity contribution in [2.75, 3.05) is 43.4 Å². The van der Waals surface area contributed by atoms with Gasteiger partial charge in [0.25, 0.3) is 0 Å². The molecule has 200 valence electrons. The Balaban J connectivity index is 1.22. The summed E-state index contributed by atoms with van der Waals surface area (Å²) in [4.78, 5) is 31.7. The number of piperazine rings is 1. The molecule has 2 aliphatic rings. The predicted molar refractivity (Wildman–Crippen MR) is 149 cm³/mol. The number of ketones is 1. The number of aromatic nitrogens is 5. The number of rotatable bonds is 9. The van der Waals surface area contributed by atoms with Gasteiger partial charge in [0.1, 0.15) is 11.6 Å². The summed E-state index contributed by atoms with van der Waals surface area (Å²) in [6.07, 6.45) is 2.56. The van der Waals surface area contributed by atoms with E-state index in [0.29, 0.717) is 35.1 Å². The fourth-order valence-corrected chi connectivity index (χ4v) is 5.15. The third-order valence-electron chi connectivity index (χ3n) is 6.91. The first-order chi connectivity index (χ1) is 19.0. The highest BCUT2D eigenvalue weighted by Crippen LogP contribution is 2.32. The van der Waals surface area contributed by atoms with Crippen LogP contribution in [-0.2, 0) is 11.2 Å². The van der Waals surface area contributed by atoms with Gasteiger partial charge in [0.15, 0.2) is 11.0 Å². The second-order valence-corrected chi connectivity index (χ2v) is 11.0. The molecule has 1 saturated heterocycles. The van der Waals surface area contributed by atoms with Gasteiger partial charge < -0.3 is 15.1 Å². The Labute approximate surface area is 230 Å². The number of nitrogens with one attached hydrogen (secondary N) is 2. The molecule has 2 aromatic heterocycles. The van der Waals surface area contributed by atoms with Crippen LogP contribution in [0.15, 0.2) is 64.6 Å². The second-order valence-electron chi connectivity index (χ2n) is 9.99. The van der Waals surface area contributed by atoms with Crippen molar-refractivity contribution in [2.24, 2.45) is 5.92 Å². The van der Waals surface area contributed by atoms with E-state index in [9.17, 15) is 9.18 Å². The maximum atomic E-state index is 13.3. The third kappa shape index (κ3) is 6.43. The van der Waals surface area contributed by atoms with E-state index in [1.54, 1.807) is 12.1 Å². The zero-order valence-electron chi connectivity index (χ0n) is 21.6. The molecule has 2 fully saturated rings. The predicted octanol–water partition coefficient (Wildman–Crippen LogP) is 4.57. The van der Waals surface area contributed by atoms with Crippen molar-refractivity contribution in [3.8, 4) is 11.3 Å². The van der Waals surface area contributed by atoms with Crippen molar-refractivity contribution in [3.05, 3.63) is 66.0 Å². The fourth-order valence-electron chi connectivity index (χ4n) is 4.40. The van der Waals surface area contributed by atoms with E-state index in [1.165, 1.54) is 23.9 Å². The molecule has 0 radical (unpaired) electrons. The number of hydrogen-bond acceptors (Lipinski definition) is 9. The lowest BCUT2D eigenvalue weighted by atomic mass is 10.1. The monoisotopic (exact) mass is 544 g/mol. The van der Waals surface area contributed by atoms with Crippen LogP contribution >= 0.6 is 11.8 Å². The standard InChI is InChI=1S/C28H29FN8OS/c1-36-12-14-37(15-13-36)27-31-26(30-25-17-23(34-35-25)19-6-8-21(29)9-7-19)32-28(33-27)39-22-10-2-18(3-11-22)16-24(38)20-4-5-20/h2-3,6-11,17,20H,4-5,12-16H2,1H3,(H2,30,31,32,33,34,35). The van der Waals surface area contributed by atoms with Crippen LogP contribution in [0.25, 0.3) is 11.3 Å². The van der Waals surface area contributed by atoms with E-state index in [-0.39, 0.29) is 11.7 Å². The number of benzene rings is 2. The van der Waals surface area contributed by atoms with Gasteiger partial charge in [0.05, 0.1) is 5.69 Å². The van der Waals surface area contributed by atoms with Gasteiger partial charge in [-0.25, -0.2) is 4.39 Å². The van der Waals surface area contributed by atoms with Crippen LogP contribution in [0.1, 0.15) is 18.4 Å². The van der Waals surface area contributed by atoms with Crippen LogP contribution in [0.2, 0.25) is 0 Å². The Morgan fingerprint density at radius 2 is 1.77 bits per heavy atom. The van der Waals surface area contributed by atoms with Crippen LogP contribution < -0.4 is 10.2 Å². The lowest BCUT2D eigenvalue weighted by molar-refractivity contribution is -0.119. The average molecular weight is 545 g/mol. The molecule has 11 heteroatoms. The van der Waals surface area contributed by atoms with Crippen molar-refractivity contribution < 1.29 is 9.18 Å². The summed E-state index contributed by atoms with van der Waals surface area (Å²) in [6.45, 7) is 3.51. The Bertz CT molecular complexity index is 1450. The van der Waals surface area contributed by atoms with Crippen molar-refractivity contribution in [3.63, 3.8) is 0 Å². The fraction of sp³-hybridized carbons (Fsp3) is 0.321. The lowest BCUT2D eigenvalue weighted by Gasteiger charge is -2.32. The Morgan fingerprint density at radius 3 is 2.49 bits per heavy atom. The minimum Gasteiger partial charge on any atom is -0.338 e. The first-order valence-corrected chi connectivity index (χ1v) is 13.9. The zero-order valence-corrected chi connectivity index (χ0v) is 22.4. The molecule has 3 heterocycles. The van der Waals surface area contributed by atoms with Gasteiger partial charge in [-0.05, 0) is 79.2 Å². The summed E-state index contributed by atoms with van der Waals surface area (Å²) in [5, 5.41) is 11.1. The van der Waals surface area contributed by atoms with Gasteiger partial charge in [-0.3, -0.25) is 9.89 Å². The minimum atomic E-state index is -0.287. The van der Waals surface area contributed by atoms with Gasteiger partial charge in [-0.2, -0.15) is 20.1 Å². The molecule has 0 bridgehead atoms. The quantitative estimate of drug-likeness (QED) is 0.314. The van der Waals surface area contributed by atoms with Crippen LogP contribution in [0.4, 0.5) is 22.1 Å². The highest BCUT2D eigenvalue weighted by atomic mass is 32.2. The highest BCUT2D eigenvalue weighted by Gasteiger charge is 2.29. The number of Topliss-reactive ketones (excluding diaryl/α,β-unsaturated/α-hetero) is 1. The molecule has 0 unspecified atom stereocenters. The maximum absolute atomic E-state index is 13.3. The molecular weight excluding hydrogens is 515 g/mol. The summed E-state index contributed by atoms with van der Waals surface area (Å²) in [5.74, 6) is 1.87. The summed E-state index contributed by atoms with van der Waals surface area (Å²) < 4.78 is 13.3. The normalized spacial score (nSPS) is 15.9. The van der Waals surface area contributed by atoms with Crippen molar-refractivity contribution in [1.82, 2.24) is 30.0 Å². The van der Waals surface area contributed by atoms with E-state index in [0.717, 1.165) is 60.7 Å². The topological polar surface area (TPSA) is 103 Å². The number of anilines is 3. The molecule has 4 aromatic rings. The molecule has 1 saturated carbocycles. The molecule has 2 aromatic carbocycles. The molecule has 0 atom stereocenters. The largest absolute Gasteiger partial charge is 0.338 e. The summed E-state index contributed by atoms with van der Waals surface area (Å²) in [7, 11) is 2.11. The van der Waals surface area contributed by atoms with Crippen LogP contribution in [0, 0.1) is 11.7 Å². The van der Waals surface area contributed by atoms with Gasteiger partial charge >= 0.3 is 0 Å². The lowest BCUT2D eigenvalue weighted by Crippen LogP contribution is -2.45. The molecular formula is C28H29FN8OS. The minimum absolute atomic E-state index is 0.268. The number of aromatic amines is 1. The van der Waals surface area contributed by atoms with Crippen LogP contribution in [0.3, 0.4) is 0 Å². The number of hydrogen-bond donors (Lipinski definition) is 2. The smallest absolute Gasteiger partial charge is 0.234 e. The number of likely N-dealkylation sites (N-methyl/N-ethyl adjacent to an activating group) is 1. The van der Waals surface area contributed by atoms with Crippen LogP contribution in [-0.4, -0.2) is 69.1 Å². The molecule has 9 nitrogen and oxygen atoms in total. The summed E-state index contributed by atoms with van der Waals surface area (Å²) in [5.41, 5.74) is 2.60. The van der Waals surface area contributed by atoms with Crippen molar-refractivity contribution >= 4 is 35.3 Å². The van der Waals surface area contributed by atoms with E-state index >= 15 is 0 Å². The molecule has 1 aliphatic heterocycles. The van der Waals surface area contributed by atoms with E-state index in [1.807, 2.05) is 30.3 Å². The van der Waals surface area contributed by atoms with Gasteiger partial charge in [-0.15, -0.1) is 0 Å². The van der Waals surface area contributed by atoms with Gasteiger partial charge in [0, 0.05) is 49.5 Å². The molecule has 0 spiro atoms. The second kappa shape index (κ2) is 11.1. The number of nitrogens with zero attached hydrogens (tertiary/aromatic N) is 6. The number of halogens is 1. The number of carbonyl (C=O) groups excluding carboxylic acids is 1. The summed E-state index contributed by atoms with van der Waals surface area (Å²) in [6, 6.07) is 16.1. The third-order valence-corrected chi connectivity index (χ3v) is 7.78. The molecule has 2 N–H and O–H groups in total. The van der Waals surface area contributed by atoms with Crippen LogP contribution in [0.5, 0.6) is 0 Å². The first-order valence-electron chi connectivity index (χ1n) is 13.1. The van der Waals surface area contributed by atoms with Crippen molar-refractivity contribution in [2.45, 2.75) is 29.3 Å². The molecule has 0 amide bonds. The Hall–Kier alpha value is -3.83. The maximum Gasteiger partial charge on any atom is 0.234 e.